The topological polar surface area (TPSA) is 46.3 Å². The second-order valence-corrected chi connectivity index (χ2v) is 5.61. The molecule has 1 aromatic heterocycles. The molecule has 0 aliphatic rings. The molecule has 0 unspecified atom stereocenters. The molecule has 2 aromatic rings. The first-order chi connectivity index (χ1) is 9.09. The predicted octanol–water partition coefficient (Wildman–Crippen LogP) is 2.71. The molecule has 3 nitrogen and oxygen atoms in total. The van der Waals surface area contributed by atoms with Gasteiger partial charge in [-0.05, 0) is 29.5 Å². The third kappa shape index (κ3) is 3.22. The maximum Gasteiger partial charge on any atom is 0.244 e. The van der Waals surface area contributed by atoms with Gasteiger partial charge >= 0.3 is 0 Å². The summed E-state index contributed by atoms with van der Waals surface area (Å²) in [5, 5.41) is 2.04. The van der Waals surface area contributed by atoms with E-state index in [1.54, 1.807) is 23.3 Å². The quantitative estimate of drug-likeness (QED) is 0.931. The average Bonchev–Trinajstić information content (AvgIpc) is 2.83. The molecule has 0 radical (unpaired) electrons. The molecule has 1 aromatic carbocycles. The zero-order valence-electron chi connectivity index (χ0n) is 11.2. The Kier molecular flexibility index (Phi) is 4.35. The summed E-state index contributed by atoms with van der Waals surface area (Å²) in [6.45, 7) is 2.67. The summed E-state index contributed by atoms with van der Waals surface area (Å²) in [6, 6.07) is 10.9. The number of hydrogen-bond donors (Lipinski definition) is 1. The minimum Gasteiger partial charge on any atom is -0.339 e. The van der Waals surface area contributed by atoms with Gasteiger partial charge in [0.15, 0.2) is 0 Å². The highest BCUT2D eigenvalue weighted by Crippen LogP contribution is 2.19. The van der Waals surface area contributed by atoms with Gasteiger partial charge in [0.1, 0.15) is 6.04 Å². The van der Waals surface area contributed by atoms with Gasteiger partial charge in [-0.2, -0.15) is 0 Å². The third-order valence-electron chi connectivity index (χ3n) is 3.15. The van der Waals surface area contributed by atoms with E-state index in [1.807, 2.05) is 35.7 Å². The molecule has 1 atom stereocenters. The number of rotatable bonds is 4. The molecule has 0 aliphatic heterocycles. The Morgan fingerprint density at radius 1 is 1.32 bits per heavy atom. The van der Waals surface area contributed by atoms with Crippen molar-refractivity contribution in [1.82, 2.24) is 4.90 Å². The molecule has 0 saturated heterocycles. The molecule has 2 N–H and O–H groups in total. The molecule has 0 aliphatic carbocycles. The van der Waals surface area contributed by atoms with Crippen molar-refractivity contribution >= 4 is 17.2 Å². The molecule has 2 rings (SSSR count). The first-order valence-electron chi connectivity index (χ1n) is 6.18. The van der Waals surface area contributed by atoms with Crippen molar-refractivity contribution in [3.63, 3.8) is 0 Å². The van der Waals surface area contributed by atoms with Crippen LogP contribution in [-0.4, -0.2) is 17.9 Å². The van der Waals surface area contributed by atoms with E-state index in [0.29, 0.717) is 6.54 Å². The fourth-order valence-electron chi connectivity index (χ4n) is 1.90. The third-order valence-corrected chi connectivity index (χ3v) is 4.16. The maximum absolute atomic E-state index is 12.3. The molecule has 4 heteroatoms. The summed E-state index contributed by atoms with van der Waals surface area (Å²) in [5.74, 6) is -0.0565. The maximum atomic E-state index is 12.3. The number of carbonyl (C=O) groups excluding carboxylic acids is 1. The molecule has 0 saturated carbocycles. The van der Waals surface area contributed by atoms with Gasteiger partial charge in [0.05, 0.1) is 6.54 Å². The minimum absolute atomic E-state index is 0.0565. The Morgan fingerprint density at radius 3 is 2.58 bits per heavy atom. The fourth-order valence-corrected chi connectivity index (χ4v) is 2.86. The van der Waals surface area contributed by atoms with Crippen molar-refractivity contribution in [1.29, 1.82) is 0 Å². The standard InChI is InChI=1S/C15H18N2OS/c1-11-8-9-19-13(11)10-17(2)15(18)14(16)12-6-4-3-5-7-12/h3-9,14H,10,16H2,1-2H3/t14-/m1/s1. The molecule has 0 spiro atoms. The van der Waals surface area contributed by atoms with E-state index >= 15 is 0 Å². The second-order valence-electron chi connectivity index (χ2n) is 4.61. The summed E-state index contributed by atoms with van der Waals surface area (Å²) in [7, 11) is 1.80. The smallest absolute Gasteiger partial charge is 0.244 e. The monoisotopic (exact) mass is 274 g/mol. The summed E-state index contributed by atoms with van der Waals surface area (Å²) in [5.41, 5.74) is 8.09. The number of likely N-dealkylation sites (N-methyl/N-ethyl adjacent to an activating group) is 1. The van der Waals surface area contributed by atoms with Gasteiger partial charge in [-0.15, -0.1) is 11.3 Å². The van der Waals surface area contributed by atoms with Crippen molar-refractivity contribution < 1.29 is 4.79 Å². The van der Waals surface area contributed by atoms with Gasteiger partial charge in [0.2, 0.25) is 5.91 Å². The van der Waals surface area contributed by atoms with Crippen molar-refractivity contribution in [2.24, 2.45) is 5.73 Å². The lowest BCUT2D eigenvalue weighted by molar-refractivity contribution is -0.131. The van der Waals surface area contributed by atoms with Crippen LogP contribution in [0.25, 0.3) is 0 Å². The first kappa shape index (κ1) is 13.8. The van der Waals surface area contributed by atoms with Gasteiger partial charge in [-0.3, -0.25) is 4.79 Å². The summed E-state index contributed by atoms with van der Waals surface area (Å²) in [6.07, 6.45) is 0. The van der Waals surface area contributed by atoms with Crippen LogP contribution in [-0.2, 0) is 11.3 Å². The van der Waals surface area contributed by atoms with E-state index in [1.165, 1.54) is 10.4 Å². The summed E-state index contributed by atoms with van der Waals surface area (Å²) in [4.78, 5) is 15.2. The predicted molar refractivity (Wildman–Crippen MR) is 78.9 cm³/mol. The molecule has 1 heterocycles. The van der Waals surface area contributed by atoms with Crippen LogP contribution in [0.4, 0.5) is 0 Å². The average molecular weight is 274 g/mol. The largest absolute Gasteiger partial charge is 0.339 e. The molecular weight excluding hydrogens is 256 g/mol. The summed E-state index contributed by atoms with van der Waals surface area (Å²) >= 11 is 1.67. The number of nitrogens with zero attached hydrogens (tertiary/aromatic N) is 1. The Labute approximate surface area is 117 Å². The van der Waals surface area contributed by atoms with Crippen LogP contribution in [0, 0.1) is 6.92 Å². The van der Waals surface area contributed by atoms with Gasteiger partial charge in [-0.1, -0.05) is 30.3 Å². The number of hydrogen-bond acceptors (Lipinski definition) is 3. The molecule has 19 heavy (non-hydrogen) atoms. The number of amides is 1. The highest BCUT2D eigenvalue weighted by atomic mass is 32.1. The summed E-state index contributed by atoms with van der Waals surface area (Å²) < 4.78 is 0. The van der Waals surface area contributed by atoms with Gasteiger partial charge in [0, 0.05) is 11.9 Å². The zero-order chi connectivity index (χ0) is 13.8. The molecule has 0 fully saturated rings. The van der Waals surface area contributed by atoms with Crippen molar-refractivity contribution in [3.05, 3.63) is 57.8 Å². The molecular formula is C15H18N2OS. The fraction of sp³-hybridized carbons (Fsp3) is 0.267. The number of carbonyl (C=O) groups is 1. The Balaban J connectivity index is 2.05. The van der Waals surface area contributed by atoms with Gasteiger partial charge in [0.25, 0.3) is 0 Å². The lowest BCUT2D eigenvalue weighted by Gasteiger charge is -2.21. The molecule has 0 bridgehead atoms. The van der Waals surface area contributed by atoms with Crippen LogP contribution in [0.2, 0.25) is 0 Å². The molecule has 100 valence electrons. The van der Waals surface area contributed by atoms with Crippen LogP contribution in [0.5, 0.6) is 0 Å². The van der Waals surface area contributed by atoms with E-state index < -0.39 is 6.04 Å². The highest BCUT2D eigenvalue weighted by molar-refractivity contribution is 7.10. The van der Waals surface area contributed by atoms with E-state index in [4.69, 9.17) is 5.73 Å². The number of benzene rings is 1. The molecule has 1 amide bonds. The van der Waals surface area contributed by atoms with Crippen molar-refractivity contribution in [2.45, 2.75) is 19.5 Å². The zero-order valence-corrected chi connectivity index (χ0v) is 12.0. The SMILES string of the molecule is Cc1ccsc1CN(C)C(=O)[C@H](N)c1ccccc1. The number of thiophene rings is 1. The van der Waals surface area contributed by atoms with Crippen molar-refractivity contribution in [2.75, 3.05) is 7.05 Å². The van der Waals surface area contributed by atoms with Crippen LogP contribution < -0.4 is 5.73 Å². The van der Waals surface area contributed by atoms with Gasteiger partial charge in [-0.25, -0.2) is 0 Å². The van der Waals surface area contributed by atoms with Crippen LogP contribution in [0.1, 0.15) is 22.0 Å². The Hall–Kier alpha value is -1.65. The van der Waals surface area contributed by atoms with Crippen LogP contribution >= 0.6 is 11.3 Å². The lowest BCUT2D eigenvalue weighted by atomic mass is 10.1. The Bertz CT molecular complexity index is 550. The Morgan fingerprint density at radius 2 is 2.00 bits per heavy atom. The highest BCUT2D eigenvalue weighted by Gasteiger charge is 2.20. The lowest BCUT2D eigenvalue weighted by Crippen LogP contribution is -2.35. The number of aryl methyl sites for hydroxylation is 1. The van der Waals surface area contributed by atoms with E-state index in [2.05, 4.69) is 13.0 Å². The van der Waals surface area contributed by atoms with E-state index in [0.717, 1.165) is 5.56 Å². The second kappa shape index (κ2) is 5.99. The first-order valence-corrected chi connectivity index (χ1v) is 7.06. The normalized spacial score (nSPS) is 12.2. The number of nitrogens with two attached hydrogens (primary N) is 1. The van der Waals surface area contributed by atoms with Crippen molar-refractivity contribution in [3.8, 4) is 0 Å². The van der Waals surface area contributed by atoms with Gasteiger partial charge < -0.3 is 10.6 Å². The minimum atomic E-state index is -0.591. The van der Waals surface area contributed by atoms with Crippen LogP contribution in [0.3, 0.4) is 0 Å². The van der Waals surface area contributed by atoms with E-state index in [9.17, 15) is 4.79 Å². The van der Waals surface area contributed by atoms with Crippen LogP contribution in [0.15, 0.2) is 41.8 Å². The van der Waals surface area contributed by atoms with E-state index in [-0.39, 0.29) is 5.91 Å².